The first-order valence-electron chi connectivity index (χ1n) is 8.00. The number of piperazine rings is 1. The van der Waals surface area contributed by atoms with Gasteiger partial charge in [0.05, 0.1) is 0 Å². The maximum Gasteiger partial charge on any atom is 0.133 e. The molecule has 0 aromatic carbocycles. The smallest absolute Gasteiger partial charge is 0.133 e. The molecule has 1 N–H and O–H groups in total. The lowest BCUT2D eigenvalue weighted by atomic mass is 10.2. The van der Waals surface area contributed by atoms with Gasteiger partial charge in [0, 0.05) is 61.0 Å². The zero-order chi connectivity index (χ0) is 14.8. The van der Waals surface area contributed by atoms with Gasteiger partial charge < -0.3 is 10.2 Å². The number of anilines is 1. The zero-order valence-corrected chi connectivity index (χ0v) is 14.6. The minimum atomic E-state index is 0.489. The topological polar surface area (TPSA) is 31.4 Å². The molecule has 4 nitrogen and oxygen atoms in total. The molecule has 2 aliphatic rings. The first-order chi connectivity index (χ1) is 10.1. The van der Waals surface area contributed by atoms with Crippen LogP contribution >= 0.6 is 15.9 Å². The number of aromatic nitrogens is 1. The molecule has 1 saturated heterocycles. The Hall–Kier alpha value is -0.650. The first kappa shape index (κ1) is 15.3. The summed E-state index contributed by atoms with van der Waals surface area (Å²) in [5.41, 5.74) is 1.29. The third-order valence-electron chi connectivity index (χ3n) is 4.29. The Morgan fingerprint density at radius 2 is 2.00 bits per heavy atom. The highest BCUT2D eigenvalue weighted by molar-refractivity contribution is 9.10. The maximum absolute atomic E-state index is 4.69. The van der Waals surface area contributed by atoms with Crippen LogP contribution in [0.1, 0.15) is 32.3 Å². The number of rotatable bonds is 5. The zero-order valence-electron chi connectivity index (χ0n) is 13.0. The van der Waals surface area contributed by atoms with Crippen LogP contribution in [-0.2, 0) is 6.54 Å². The van der Waals surface area contributed by atoms with Crippen molar-refractivity contribution in [3.05, 3.63) is 22.3 Å². The minimum Gasteiger partial charge on any atom is -0.354 e. The normalized spacial score (nSPS) is 20.3. The molecule has 5 heteroatoms. The van der Waals surface area contributed by atoms with Crippen molar-refractivity contribution in [3.63, 3.8) is 0 Å². The fourth-order valence-corrected chi connectivity index (χ4v) is 3.32. The van der Waals surface area contributed by atoms with Crippen molar-refractivity contribution in [2.24, 2.45) is 0 Å². The molecule has 1 aromatic rings. The van der Waals surface area contributed by atoms with Crippen molar-refractivity contribution in [2.75, 3.05) is 31.1 Å². The number of nitrogens with zero attached hydrogens (tertiary/aromatic N) is 3. The van der Waals surface area contributed by atoms with Crippen LogP contribution < -0.4 is 10.2 Å². The Morgan fingerprint density at radius 1 is 1.29 bits per heavy atom. The number of halogens is 1. The Balaban J connectivity index is 1.68. The van der Waals surface area contributed by atoms with Crippen LogP contribution in [0.2, 0.25) is 0 Å². The fourth-order valence-electron chi connectivity index (χ4n) is 2.94. The van der Waals surface area contributed by atoms with Crippen LogP contribution in [0, 0.1) is 0 Å². The van der Waals surface area contributed by atoms with Crippen LogP contribution in [0.15, 0.2) is 16.7 Å². The monoisotopic (exact) mass is 352 g/mol. The van der Waals surface area contributed by atoms with Gasteiger partial charge in [0.2, 0.25) is 0 Å². The van der Waals surface area contributed by atoms with E-state index in [4.69, 9.17) is 0 Å². The molecule has 0 radical (unpaired) electrons. The Labute approximate surface area is 136 Å². The van der Waals surface area contributed by atoms with Crippen LogP contribution in [0.5, 0.6) is 0 Å². The maximum atomic E-state index is 4.69. The third kappa shape index (κ3) is 3.96. The van der Waals surface area contributed by atoms with E-state index in [0.717, 1.165) is 36.0 Å². The second-order valence-electron chi connectivity index (χ2n) is 6.43. The van der Waals surface area contributed by atoms with E-state index in [-0.39, 0.29) is 0 Å². The van der Waals surface area contributed by atoms with Crippen molar-refractivity contribution in [2.45, 2.75) is 45.3 Å². The van der Waals surface area contributed by atoms with Crippen LogP contribution in [-0.4, -0.2) is 48.1 Å². The fraction of sp³-hybridized carbons (Fsp3) is 0.688. The van der Waals surface area contributed by atoms with Crippen molar-refractivity contribution in [1.82, 2.24) is 15.2 Å². The van der Waals surface area contributed by atoms with Gasteiger partial charge in [-0.25, -0.2) is 4.98 Å². The molecule has 0 unspecified atom stereocenters. The Morgan fingerprint density at radius 3 is 2.62 bits per heavy atom. The summed E-state index contributed by atoms with van der Waals surface area (Å²) in [7, 11) is 0. The molecule has 2 heterocycles. The average molecular weight is 353 g/mol. The van der Waals surface area contributed by atoms with Crippen molar-refractivity contribution >= 4 is 21.7 Å². The molecule has 1 aliphatic heterocycles. The number of hydrogen-bond acceptors (Lipinski definition) is 4. The largest absolute Gasteiger partial charge is 0.354 e. The second kappa shape index (κ2) is 6.63. The molecule has 0 atom stereocenters. The SMILES string of the molecule is CC(C)NCc1cc(Br)cnc1N1CCN(C2CC2)CC1. The van der Waals surface area contributed by atoms with Crippen molar-refractivity contribution in [3.8, 4) is 0 Å². The van der Waals surface area contributed by atoms with Crippen LogP contribution in [0.25, 0.3) is 0 Å². The Kier molecular flexibility index (Phi) is 4.82. The molecule has 0 amide bonds. The van der Waals surface area contributed by atoms with E-state index in [1.807, 2.05) is 6.20 Å². The summed E-state index contributed by atoms with van der Waals surface area (Å²) in [6.07, 6.45) is 4.72. The van der Waals surface area contributed by atoms with Gasteiger partial charge in [-0.1, -0.05) is 13.8 Å². The van der Waals surface area contributed by atoms with Gasteiger partial charge in [0.15, 0.2) is 0 Å². The quantitative estimate of drug-likeness (QED) is 0.882. The number of nitrogens with one attached hydrogen (secondary N) is 1. The highest BCUT2D eigenvalue weighted by Crippen LogP contribution is 2.29. The van der Waals surface area contributed by atoms with Gasteiger partial charge in [0.1, 0.15) is 5.82 Å². The summed E-state index contributed by atoms with van der Waals surface area (Å²) < 4.78 is 1.06. The molecular weight excluding hydrogens is 328 g/mol. The molecule has 0 spiro atoms. The van der Waals surface area contributed by atoms with E-state index in [0.29, 0.717) is 6.04 Å². The highest BCUT2D eigenvalue weighted by atomic mass is 79.9. The predicted octanol–water partition coefficient (Wildman–Crippen LogP) is 2.63. The molecule has 3 rings (SSSR count). The van der Waals surface area contributed by atoms with Crippen molar-refractivity contribution < 1.29 is 0 Å². The average Bonchev–Trinajstić information content (AvgIpc) is 3.30. The molecule has 2 fully saturated rings. The van der Waals surface area contributed by atoms with E-state index in [2.05, 4.69) is 55.9 Å². The lowest BCUT2D eigenvalue weighted by Gasteiger charge is -2.36. The molecule has 1 aromatic heterocycles. The highest BCUT2D eigenvalue weighted by Gasteiger charge is 2.31. The van der Waals surface area contributed by atoms with E-state index < -0.39 is 0 Å². The lowest BCUT2D eigenvalue weighted by molar-refractivity contribution is 0.247. The molecule has 1 saturated carbocycles. The predicted molar refractivity (Wildman–Crippen MR) is 90.7 cm³/mol. The number of hydrogen-bond donors (Lipinski definition) is 1. The summed E-state index contributed by atoms with van der Waals surface area (Å²) in [4.78, 5) is 9.77. The van der Waals surface area contributed by atoms with Gasteiger partial charge in [-0.3, -0.25) is 4.90 Å². The molecular formula is C16H25BrN4. The summed E-state index contributed by atoms with van der Waals surface area (Å²) in [5, 5.41) is 3.51. The van der Waals surface area contributed by atoms with Gasteiger partial charge >= 0.3 is 0 Å². The van der Waals surface area contributed by atoms with Gasteiger partial charge in [-0.05, 0) is 34.8 Å². The summed E-state index contributed by atoms with van der Waals surface area (Å²) in [5.74, 6) is 1.15. The van der Waals surface area contributed by atoms with Crippen LogP contribution in [0.3, 0.4) is 0 Å². The first-order valence-corrected chi connectivity index (χ1v) is 8.79. The van der Waals surface area contributed by atoms with E-state index in [1.165, 1.54) is 31.5 Å². The molecule has 1 aliphatic carbocycles. The third-order valence-corrected chi connectivity index (χ3v) is 4.72. The van der Waals surface area contributed by atoms with E-state index in [1.54, 1.807) is 0 Å². The molecule has 116 valence electrons. The summed E-state index contributed by atoms with van der Waals surface area (Å²) >= 11 is 3.55. The van der Waals surface area contributed by atoms with E-state index >= 15 is 0 Å². The van der Waals surface area contributed by atoms with Gasteiger partial charge in [-0.15, -0.1) is 0 Å². The van der Waals surface area contributed by atoms with Gasteiger partial charge in [-0.2, -0.15) is 0 Å². The molecule has 0 bridgehead atoms. The standard InChI is InChI=1S/C16H25BrN4/c1-12(2)18-10-13-9-14(17)11-19-16(13)21-7-5-20(6-8-21)15-3-4-15/h9,11-12,15,18H,3-8,10H2,1-2H3. The Bertz CT molecular complexity index is 479. The second-order valence-corrected chi connectivity index (χ2v) is 7.34. The minimum absolute atomic E-state index is 0.489. The van der Waals surface area contributed by atoms with Gasteiger partial charge in [0.25, 0.3) is 0 Å². The number of pyridine rings is 1. The van der Waals surface area contributed by atoms with E-state index in [9.17, 15) is 0 Å². The lowest BCUT2D eigenvalue weighted by Crippen LogP contribution is -2.47. The summed E-state index contributed by atoms with van der Waals surface area (Å²) in [6, 6.07) is 3.57. The van der Waals surface area contributed by atoms with Crippen molar-refractivity contribution in [1.29, 1.82) is 0 Å². The summed E-state index contributed by atoms with van der Waals surface area (Å²) in [6.45, 7) is 9.79. The molecule has 21 heavy (non-hydrogen) atoms. The van der Waals surface area contributed by atoms with Crippen LogP contribution in [0.4, 0.5) is 5.82 Å².